The monoisotopic (exact) mass is 289 g/mol. The lowest BCUT2D eigenvalue weighted by Gasteiger charge is -2.26. The quantitative estimate of drug-likeness (QED) is 0.881. The van der Waals surface area contributed by atoms with Crippen molar-refractivity contribution in [2.75, 3.05) is 26.4 Å². The molecule has 1 aromatic rings. The van der Waals surface area contributed by atoms with Crippen LogP contribution < -0.4 is 14.8 Å². The maximum atomic E-state index is 12.4. The second-order valence-corrected chi connectivity index (χ2v) is 6.07. The van der Waals surface area contributed by atoms with Crippen molar-refractivity contribution >= 4 is 5.91 Å². The smallest absolute Gasteiger partial charge is 0.270 e. The van der Waals surface area contributed by atoms with Gasteiger partial charge in [0.2, 0.25) is 6.79 Å². The van der Waals surface area contributed by atoms with Gasteiger partial charge in [-0.05, 0) is 38.3 Å². The Morgan fingerprint density at radius 1 is 1.29 bits per heavy atom. The third-order valence-corrected chi connectivity index (χ3v) is 4.63. The molecule has 6 nitrogen and oxygen atoms in total. The van der Waals surface area contributed by atoms with Crippen molar-refractivity contribution in [1.82, 2.24) is 15.2 Å². The third-order valence-electron chi connectivity index (χ3n) is 4.63. The Bertz CT molecular complexity index is 541. The normalized spacial score (nSPS) is 30.0. The molecule has 1 atom stereocenters. The van der Waals surface area contributed by atoms with Crippen molar-refractivity contribution in [2.24, 2.45) is 5.92 Å². The highest BCUT2D eigenvalue weighted by Crippen LogP contribution is 2.31. The summed E-state index contributed by atoms with van der Waals surface area (Å²) < 4.78 is 10.5. The lowest BCUT2D eigenvalue weighted by atomic mass is 9.94. The molecule has 2 bridgehead atoms. The van der Waals surface area contributed by atoms with Crippen molar-refractivity contribution in [2.45, 2.75) is 25.3 Å². The molecular weight excluding hydrogens is 270 g/mol. The van der Waals surface area contributed by atoms with E-state index in [0.717, 1.165) is 18.9 Å². The van der Waals surface area contributed by atoms with Gasteiger partial charge in [-0.3, -0.25) is 4.79 Å². The first-order valence-corrected chi connectivity index (χ1v) is 7.57. The highest BCUT2D eigenvalue weighted by Gasteiger charge is 2.30. The number of pyridine rings is 1. The topological polar surface area (TPSA) is 63.7 Å². The summed E-state index contributed by atoms with van der Waals surface area (Å²) in [5.41, 5.74) is 0.394. The van der Waals surface area contributed by atoms with Crippen molar-refractivity contribution in [1.29, 1.82) is 0 Å². The first kappa shape index (κ1) is 12.9. The number of aromatic nitrogens is 1. The van der Waals surface area contributed by atoms with Gasteiger partial charge in [0.25, 0.3) is 5.91 Å². The number of hydrogen-bond acceptors (Lipinski definition) is 5. The SMILES string of the molecule is O=C(N[C@@H]1CC2CCN(CC2)C1)c1cc2c(cn1)OCO2. The Balaban J connectivity index is 1.45. The van der Waals surface area contributed by atoms with Crippen molar-refractivity contribution < 1.29 is 14.3 Å². The zero-order valence-corrected chi connectivity index (χ0v) is 11.9. The van der Waals surface area contributed by atoms with E-state index >= 15 is 0 Å². The van der Waals surface area contributed by atoms with Gasteiger partial charge in [0.15, 0.2) is 11.5 Å². The van der Waals surface area contributed by atoms with E-state index in [1.165, 1.54) is 25.9 Å². The van der Waals surface area contributed by atoms with Crippen molar-refractivity contribution in [3.05, 3.63) is 18.0 Å². The molecule has 3 saturated heterocycles. The molecule has 1 aromatic heterocycles. The van der Waals surface area contributed by atoms with Gasteiger partial charge in [0.1, 0.15) is 5.69 Å². The van der Waals surface area contributed by atoms with Gasteiger partial charge in [0.05, 0.1) is 6.20 Å². The molecule has 4 aliphatic rings. The van der Waals surface area contributed by atoms with E-state index in [1.54, 1.807) is 12.3 Å². The van der Waals surface area contributed by atoms with Gasteiger partial charge in [-0.25, -0.2) is 4.98 Å². The molecule has 5 rings (SSSR count). The number of ether oxygens (including phenoxy) is 2. The van der Waals surface area contributed by atoms with Gasteiger partial charge < -0.3 is 19.7 Å². The molecule has 0 aliphatic carbocycles. The van der Waals surface area contributed by atoms with E-state index < -0.39 is 0 Å². The van der Waals surface area contributed by atoms with Crippen LogP contribution >= 0.6 is 0 Å². The average molecular weight is 289 g/mol. The fourth-order valence-electron chi connectivity index (χ4n) is 3.48. The van der Waals surface area contributed by atoms with Crippen LogP contribution in [0.4, 0.5) is 0 Å². The molecule has 0 saturated carbocycles. The number of carbonyl (C=O) groups is 1. The van der Waals surface area contributed by atoms with E-state index in [4.69, 9.17) is 9.47 Å². The zero-order chi connectivity index (χ0) is 14.2. The largest absolute Gasteiger partial charge is 0.453 e. The van der Waals surface area contributed by atoms with Crippen LogP contribution in [0.25, 0.3) is 0 Å². The van der Waals surface area contributed by atoms with Gasteiger partial charge >= 0.3 is 0 Å². The van der Waals surface area contributed by atoms with E-state index in [9.17, 15) is 4.79 Å². The van der Waals surface area contributed by atoms with Gasteiger partial charge in [-0.2, -0.15) is 0 Å². The van der Waals surface area contributed by atoms with Crippen LogP contribution in [0.2, 0.25) is 0 Å². The summed E-state index contributed by atoms with van der Waals surface area (Å²) in [6.45, 7) is 3.48. The standard InChI is InChI=1S/C15H19N3O3/c19-15(12-6-13-14(7-16-12)21-9-20-13)17-11-5-10-1-3-18(8-11)4-2-10/h6-7,10-11H,1-5,8-9H2,(H,17,19)/t11-/m1/s1. The Morgan fingerprint density at radius 2 is 2.10 bits per heavy atom. The molecule has 6 heteroatoms. The zero-order valence-electron chi connectivity index (χ0n) is 11.9. The lowest BCUT2D eigenvalue weighted by molar-refractivity contribution is 0.0923. The van der Waals surface area contributed by atoms with E-state index in [0.29, 0.717) is 17.2 Å². The summed E-state index contributed by atoms with van der Waals surface area (Å²) in [6, 6.07) is 1.88. The second kappa shape index (κ2) is 5.18. The van der Waals surface area contributed by atoms with Crippen LogP contribution in [-0.2, 0) is 0 Å². The predicted molar refractivity (Wildman–Crippen MR) is 75.4 cm³/mol. The van der Waals surface area contributed by atoms with Gasteiger partial charge in [-0.15, -0.1) is 0 Å². The Labute approximate surface area is 123 Å². The Morgan fingerprint density at radius 3 is 2.95 bits per heavy atom. The number of hydrogen-bond donors (Lipinski definition) is 1. The highest BCUT2D eigenvalue weighted by molar-refractivity contribution is 5.93. The molecule has 4 aliphatic heterocycles. The summed E-state index contributed by atoms with van der Waals surface area (Å²) in [5, 5.41) is 3.13. The molecular formula is C15H19N3O3. The minimum atomic E-state index is -0.124. The number of nitrogens with zero attached hydrogens (tertiary/aromatic N) is 2. The molecule has 0 spiro atoms. The van der Waals surface area contributed by atoms with Crippen LogP contribution in [0.3, 0.4) is 0 Å². The molecule has 21 heavy (non-hydrogen) atoms. The van der Waals surface area contributed by atoms with E-state index in [1.807, 2.05) is 0 Å². The number of fused-ring (bicyclic) bond motifs is 5. The van der Waals surface area contributed by atoms with Crippen LogP contribution in [0.5, 0.6) is 11.5 Å². The molecule has 1 N–H and O–H groups in total. The molecule has 112 valence electrons. The summed E-state index contributed by atoms with van der Waals surface area (Å²) >= 11 is 0. The summed E-state index contributed by atoms with van der Waals surface area (Å²) in [5.74, 6) is 1.82. The van der Waals surface area contributed by atoms with Crippen LogP contribution in [-0.4, -0.2) is 48.3 Å². The number of carbonyl (C=O) groups excluding carboxylic acids is 1. The number of nitrogens with one attached hydrogen (secondary N) is 1. The van der Waals surface area contributed by atoms with Crippen LogP contribution in [0.15, 0.2) is 12.3 Å². The molecule has 3 fully saturated rings. The number of piperidine rings is 1. The first-order chi connectivity index (χ1) is 10.3. The predicted octanol–water partition coefficient (Wildman–Crippen LogP) is 1.02. The van der Waals surface area contributed by atoms with Gasteiger partial charge in [0, 0.05) is 18.7 Å². The second-order valence-electron chi connectivity index (χ2n) is 6.07. The molecule has 5 heterocycles. The summed E-state index contributed by atoms with van der Waals surface area (Å²) in [6.07, 6.45) is 5.15. The lowest BCUT2D eigenvalue weighted by Crippen LogP contribution is -2.42. The third kappa shape index (κ3) is 2.55. The molecule has 0 unspecified atom stereocenters. The Hall–Kier alpha value is -1.82. The minimum absolute atomic E-state index is 0.124. The fourth-order valence-corrected chi connectivity index (χ4v) is 3.48. The number of amides is 1. The highest BCUT2D eigenvalue weighted by atomic mass is 16.7. The first-order valence-electron chi connectivity index (χ1n) is 7.57. The van der Waals surface area contributed by atoms with Crippen molar-refractivity contribution in [3.63, 3.8) is 0 Å². The van der Waals surface area contributed by atoms with Gasteiger partial charge in [-0.1, -0.05) is 0 Å². The van der Waals surface area contributed by atoms with Crippen LogP contribution in [0, 0.1) is 5.92 Å². The maximum absolute atomic E-state index is 12.4. The summed E-state index contributed by atoms with van der Waals surface area (Å²) in [7, 11) is 0. The van der Waals surface area contributed by atoms with Crippen molar-refractivity contribution in [3.8, 4) is 11.5 Å². The fraction of sp³-hybridized carbons (Fsp3) is 0.600. The van der Waals surface area contributed by atoms with E-state index in [2.05, 4.69) is 15.2 Å². The van der Waals surface area contributed by atoms with Crippen LogP contribution in [0.1, 0.15) is 29.8 Å². The molecule has 0 radical (unpaired) electrons. The average Bonchev–Trinajstić information content (AvgIpc) is 2.78. The summed E-state index contributed by atoms with van der Waals surface area (Å²) in [4.78, 5) is 19.0. The number of rotatable bonds is 2. The molecule has 1 amide bonds. The molecule has 0 aromatic carbocycles. The van der Waals surface area contributed by atoms with E-state index in [-0.39, 0.29) is 18.7 Å². The maximum Gasteiger partial charge on any atom is 0.270 e. The Kier molecular flexibility index (Phi) is 3.18. The minimum Gasteiger partial charge on any atom is -0.453 e.